The number of halogens is 1. The first kappa shape index (κ1) is 11.3. The number of hydrogen-bond donors (Lipinski definition) is 0. The molecule has 0 aromatic rings. The van der Waals surface area contributed by atoms with E-state index in [1.807, 2.05) is 12.1 Å². The van der Waals surface area contributed by atoms with Crippen LogP contribution in [-0.2, 0) is 4.79 Å². The zero-order valence-electron chi connectivity index (χ0n) is 9.73. The molecule has 0 radical (unpaired) electrons. The Hall–Kier alpha value is -0.810. The summed E-state index contributed by atoms with van der Waals surface area (Å²) in [5, 5.41) is 8.33. The lowest BCUT2D eigenvalue weighted by atomic mass is 9.52. The van der Waals surface area contributed by atoms with Gasteiger partial charge in [0, 0.05) is 0 Å². The molecular formula is C14H16ClNO. The molecule has 0 aromatic heterocycles. The van der Waals surface area contributed by atoms with E-state index in [1.54, 1.807) is 0 Å². The Morgan fingerprint density at radius 1 is 1.12 bits per heavy atom. The van der Waals surface area contributed by atoms with Crippen molar-refractivity contribution in [3.8, 4) is 6.07 Å². The molecule has 90 valence electrons. The largest absolute Gasteiger partial charge is 0.275 e. The first-order valence-electron chi connectivity index (χ1n) is 6.49. The maximum atomic E-state index is 11.1. The molecule has 0 amide bonds. The van der Waals surface area contributed by atoms with Crippen LogP contribution < -0.4 is 0 Å². The molecule has 2 nitrogen and oxygen atoms in total. The van der Waals surface area contributed by atoms with Crippen molar-refractivity contribution in [2.45, 2.75) is 32.1 Å². The summed E-state index contributed by atoms with van der Waals surface area (Å²) in [7, 11) is 0. The van der Waals surface area contributed by atoms with Gasteiger partial charge in [0.2, 0.25) is 0 Å². The topological polar surface area (TPSA) is 40.9 Å². The minimum atomic E-state index is -0.596. The quantitative estimate of drug-likeness (QED) is 0.428. The molecule has 0 saturated heterocycles. The van der Waals surface area contributed by atoms with E-state index in [9.17, 15) is 4.79 Å². The summed E-state index contributed by atoms with van der Waals surface area (Å²) in [5.41, 5.74) is 0.157. The van der Waals surface area contributed by atoms with Crippen molar-refractivity contribution in [3.63, 3.8) is 0 Å². The fourth-order valence-corrected chi connectivity index (χ4v) is 4.68. The summed E-state index contributed by atoms with van der Waals surface area (Å²) in [5.74, 6) is 3.66. The van der Waals surface area contributed by atoms with Crippen molar-refractivity contribution in [1.82, 2.24) is 0 Å². The van der Waals surface area contributed by atoms with Gasteiger partial charge in [0.05, 0.1) is 0 Å². The van der Waals surface area contributed by atoms with Gasteiger partial charge in [-0.05, 0) is 73.3 Å². The molecule has 3 heteroatoms. The van der Waals surface area contributed by atoms with Gasteiger partial charge in [-0.3, -0.25) is 4.79 Å². The van der Waals surface area contributed by atoms with Crippen LogP contribution in [0.2, 0.25) is 0 Å². The summed E-state index contributed by atoms with van der Waals surface area (Å²) in [6.45, 7) is 0. The molecule has 4 fully saturated rings. The Labute approximate surface area is 107 Å². The van der Waals surface area contributed by atoms with Gasteiger partial charge in [0.25, 0.3) is 5.24 Å². The van der Waals surface area contributed by atoms with Crippen LogP contribution in [0.1, 0.15) is 32.1 Å². The highest BCUT2D eigenvalue weighted by atomic mass is 35.5. The number of carbonyl (C=O) groups is 1. The van der Waals surface area contributed by atoms with Gasteiger partial charge in [-0.15, -0.1) is 0 Å². The van der Waals surface area contributed by atoms with E-state index in [4.69, 9.17) is 16.9 Å². The normalized spacial score (nSPS) is 43.5. The third-order valence-corrected chi connectivity index (χ3v) is 5.19. The van der Waals surface area contributed by atoms with E-state index in [2.05, 4.69) is 0 Å². The molecule has 0 aromatic carbocycles. The summed E-state index contributed by atoms with van der Waals surface area (Å²) < 4.78 is 0. The van der Waals surface area contributed by atoms with E-state index < -0.39 is 5.24 Å². The first-order valence-corrected chi connectivity index (χ1v) is 6.87. The zero-order valence-corrected chi connectivity index (χ0v) is 10.5. The van der Waals surface area contributed by atoms with E-state index in [0.717, 1.165) is 11.8 Å². The van der Waals surface area contributed by atoms with E-state index in [-0.39, 0.29) is 5.57 Å². The number of rotatable bonds is 2. The molecule has 0 spiro atoms. The van der Waals surface area contributed by atoms with Crippen LogP contribution >= 0.6 is 11.6 Å². The van der Waals surface area contributed by atoms with E-state index >= 15 is 0 Å². The molecule has 4 aliphatic rings. The van der Waals surface area contributed by atoms with Crippen molar-refractivity contribution in [2.24, 2.45) is 29.6 Å². The van der Waals surface area contributed by atoms with E-state index in [1.165, 1.54) is 32.1 Å². The van der Waals surface area contributed by atoms with Crippen molar-refractivity contribution < 1.29 is 4.79 Å². The van der Waals surface area contributed by atoms with Crippen LogP contribution in [0.3, 0.4) is 0 Å². The molecule has 0 unspecified atom stereocenters. The molecule has 4 bridgehead atoms. The molecular weight excluding hydrogens is 234 g/mol. The maximum absolute atomic E-state index is 11.1. The monoisotopic (exact) mass is 249 g/mol. The van der Waals surface area contributed by atoms with Gasteiger partial charge in [0.15, 0.2) is 0 Å². The van der Waals surface area contributed by atoms with Crippen LogP contribution in [0.5, 0.6) is 0 Å². The highest BCUT2D eigenvalue weighted by molar-refractivity contribution is 6.68. The lowest BCUT2D eigenvalue weighted by molar-refractivity contribution is -0.108. The fraction of sp³-hybridized carbons (Fsp3) is 0.714. The van der Waals surface area contributed by atoms with Crippen molar-refractivity contribution in [2.75, 3.05) is 0 Å². The van der Waals surface area contributed by atoms with Crippen molar-refractivity contribution in [3.05, 3.63) is 11.6 Å². The summed E-state index contributed by atoms with van der Waals surface area (Å²) in [6, 6.07) is 1.94. The Morgan fingerprint density at radius 2 is 1.65 bits per heavy atom. The third kappa shape index (κ3) is 1.91. The van der Waals surface area contributed by atoms with Gasteiger partial charge < -0.3 is 0 Å². The number of hydrogen-bond acceptors (Lipinski definition) is 2. The first-order chi connectivity index (χ1) is 8.17. The van der Waals surface area contributed by atoms with E-state index in [0.29, 0.717) is 17.8 Å². The number of allylic oxidation sites excluding steroid dienone is 2. The number of carbonyl (C=O) groups excluding carboxylic acids is 1. The van der Waals surface area contributed by atoms with Gasteiger partial charge in [-0.25, -0.2) is 0 Å². The number of nitrogens with zero attached hydrogens (tertiary/aromatic N) is 1. The van der Waals surface area contributed by atoms with Gasteiger partial charge >= 0.3 is 0 Å². The minimum absolute atomic E-state index is 0.157. The van der Waals surface area contributed by atoms with Gasteiger partial charge in [-0.2, -0.15) is 5.26 Å². The predicted molar refractivity (Wildman–Crippen MR) is 65.1 cm³/mol. The predicted octanol–water partition coefficient (Wildman–Crippen LogP) is 3.27. The lowest BCUT2D eigenvalue weighted by Crippen LogP contribution is -2.44. The van der Waals surface area contributed by atoms with Crippen LogP contribution in [0.15, 0.2) is 11.6 Å². The summed E-state index contributed by atoms with van der Waals surface area (Å²) in [6.07, 6.45) is 8.48. The summed E-state index contributed by atoms with van der Waals surface area (Å²) in [4.78, 5) is 11.1. The average Bonchev–Trinajstić information content (AvgIpc) is 2.27. The second kappa shape index (κ2) is 4.14. The highest BCUT2D eigenvalue weighted by Crippen LogP contribution is 2.57. The fourth-order valence-electron chi connectivity index (χ4n) is 4.58. The zero-order chi connectivity index (χ0) is 12.0. The van der Waals surface area contributed by atoms with Crippen molar-refractivity contribution in [1.29, 1.82) is 5.26 Å². The Morgan fingerprint density at radius 3 is 2.06 bits per heavy atom. The van der Waals surface area contributed by atoms with Crippen LogP contribution in [-0.4, -0.2) is 5.24 Å². The second-order valence-corrected chi connectivity index (χ2v) is 6.32. The Kier molecular flexibility index (Phi) is 2.75. The molecule has 0 aliphatic heterocycles. The molecule has 4 saturated carbocycles. The molecule has 0 N–H and O–H groups in total. The molecule has 0 heterocycles. The SMILES string of the molecule is N#C/C(=C/C1C2CC3CC(C2)CC1C3)C(=O)Cl. The van der Waals surface area contributed by atoms with Crippen LogP contribution in [0, 0.1) is 40.9 Å². The summed E-state index contributed by atoms with van der Waals surface area (Å²) >= 11 is 5.43. The van der Waals surface area contributed by atoms with Gasteiger partial charge in [-0.1, -0.05) is 6.08 Å². The molecule has 4 rings (SSSR count). The average molecular weight is 250 g/mol. The minimum Gasteiger partial charge on any atom is -0.275 e. The molecule has 4 aliphatic carbocycles. The Balaban J connectivity index is 1.85. The molecule has 0 atom stereocenters. The lowest BCUT2D eigenvalue weighted by Gasteiger charge is -2.53. The van der Waals surface area contributed by atoms with Gasteiger partial charge in [0.1, 0.15) is 11.6 Å². The third-order valence-electron chi connectivity index (χ3n) is 4.99. The number of nitriles is 1. The maximum Gasteiger partial charge on any atom is 0.262 e. The highest BCUT2D eigenvalue weighted by Gasteiger charge is 2.47. The smallest absolute Gasteiger partial charge is 0.262 e. The Bertz CT molecular complexity index is 392. The molecule has 17 heavy (non-hydrogen) atoms. The second-order valence-electron chi connectivity index (χ2n) is 5.97. The van der Waals surface area contributed by atoms with Crippen molar-refractivity contribution >= 4 is 16.8 Å². The standard InChI is InChI=1S/C14H16ClNO/c15-14(17)12(7-16)6-13-10-2-8-1-9(4-10)5-11(13)3-8/h6,8-11,13H,1-5H2/b12-6-. The van der Waals surface area contributed by atoms with Crippen LogP contribution in [0.25, 0.3) is 0 Å². The van der Waals surface area contributed by atoms with Crippen LogP contribution in [0.4, 0.5) is 0 Å².